The highest BCUT2D eigenvalue weighted by Crippen LogP contribution is 2.31. The number of rotatable bonds is 14. The molecule has 0 fully saturated rings. The van der Waals surface area contributed by atoms with Crippen molar-refractivity contribution in [2.45, 2.75) is 6.42 Å². The standard InChI is InChI=1S/C46H32N6O10/c53-43(49-47-27-30-20-22-41(39(25-30)51(57)58)61-45(55)36-18-8-14-32-12-4-6-16-34(32)36)38(24-29-10-2-1-3-11-29)44(54)50-48-28-31-21-23-42(40(26-31)52(59)60)62-46(56)37-19-9-15-33-13-5-7-17-35(33)37/h1-23,25-28,38H,24H2,(H,49,53)(H,50,54)/b47-27+,48-28+. The summed E-state index contributed by atoms with van der Waals surface area (Å²) in [5.74, 6) is -5.27. The topological polar surface area (TPSA) is 222 Å². The van der Waals surface area contributed by atoms with Crippen LogP contribution >= 0.6 is 0 Å². The molecular formula is C46H32N6O10. The molecule has 306 valence electrons. The first-order chi connectivity index (χ1) is 30.0. The fraction of sp³-hybridized carbons (Fsp3) is 0.0435. The van der Waals surface area contributed by atoms with Crippen LogP contribution in [0.15, 0.2) is 162 Å². The molecule has 7 aromatic carbocycles. The van der Waals surface area contributed by atoms with Crippen molar-refractivity contribution in [1.29, 1.82) is 0 Å². The van der Waals surface area contributed by atoms with Crippen LogP contribution in [0.25, 0.3) is 21.5 Å². The summed E-state index contributed by atoms with van der Waals surface area (Å²) >= 11 is 0. The van der Waals surface area contributed by atoms with E-state index >= 15 is 0 Å². The van der Waals surface area contributed by atoms with Gasteiger partial charge in [0.25, 0.3) is 11.8 Å². The van der Waals surface area contributed by atoms with E-state index in [1.807, 2.05) is 36.4 Å². The highest BCUT2D eigenvalue weighted by Gasteiger charge is 2.28. The third kappa shape index (κ3) is 9.67. The molecule has 0 unspecified atom stereocenters. The first-order valence-corrected chi connectivity index (χ1v) is 18.7. The Hall–Kier alpha value is -8.92. The summed E-state index contributed by atoms with van der Waals surface area (Å²) in [4.78, 5) is 75.5. The zero-order valence-corrected chi connectivity index (χ0v) is 32.2. The van der Waals surface area contributed by atoms with E-state index in [2.05, 4.69) is 21.1 Å². The molecule has 0 aliphatic rings. The summed E-state index contributed by atoms with van der Waals surface area (Å²) in [5, 5.41) is 34.6. The zero-order chi connectivity index (χ0) is 43.6. The Labute approximate surface area is 351 Å². The predicted octanol–water partition coefficient (Wildman–Crippen LogP) is 7.71. The van der Waals surface area contributed by atoms with E-state index in [0.29, 0.717) is 16.3 Å². The number of nitrogens with one attached hydrogen (secondary N) is 2. The lowest BCUT2D eigenvalue weighted by Crippen LogP contribution is -2.39. The molecule has 7 aromatic rings. The van der Waals surface area contributed by atoms with Crippen molar-refractivity contribution in [2.75, 3.05) is 0 Å². The highest BCUT2D eigenvalue weighted by molar-refractivity contribution is 6.06. The van der Waals surface area contributed by atoms with Gasteiger partial charge in [-0.3, -0.25) is 29.8 Å². The van der Waals surface area contributed by atoms with Gasteiger partial charge in [-0.1, -0.05) is 103 Å². The maximum Gasteiger partial charge on any atom is 0.344 e. The third-order valence-corrected chi connectivity index (χ3v) is 9.48. The molecule has 0 spiro atoms. The molecule has 2 N–H and O–H groups in total. The number of fused-ring (bicyclic) bond motifs is 2. The van der Waals surface area contributed by atoms with Gasteiger partial charge in [-0.2, -0.15) is 10.2 Å². The Morgan fingerprint density at radius 2 is 0.968 bits per heavy atom. The van der Waals surface area contributed by atoms with E-state index in [1.165, 1.54) is 24.3 Å². The summed E-state index contributed by atoms with van der Waals surface area (Å²) in [6, 6.07) is 40.5. The van der Waals surface area contributed by atoms with Crippen molar-refractivity contribution < 1.29 is 38.5 Å². The minimum Gasteiger partial charge on any atom is -0.416 e. The predicted molar refractivity (Wildman–Crippen MR) is 229 cm³/mol. The third-order valence-electron chi connectivity index (χ3n) is 9.48. The molecule has 62 heavy (non-hydrogen) atoms. The number of carbonyl (C=O) groups is 4. The fourth-order valence-corrected chi connectivity index (χ4v) is 6.45. The van der Waals surface area contributed by atoms with Gasteiger partial charge >= 0.3 is 23.3 Å². The van der Waals surface area contributed by atoms with Gasteiger partial charge in [0.1, 0.15) is 5.92 Å². The van der Waals surface area contributed by atoms with Gasteiger partial charge in [-0.05, 0) is 69.9 Å². The normalized spacial score (nSPS) is 11.2. The number of benzene rings is 7. The van der Waals surface area contributed by atoms with E-state index in [9.17, 15) is 39.4 Å². The fourth-order valence-electron chi connectivity index (χ4n) is 6.45. The monoisotopic (exact) mass is 828 g/mol. The van der Waals surface area contributed by atoms with Gasteiger partial charge in [-0.15, -0.1) is 0 Å². The summed E-state index contributed by atoms with van der Waals surface area (Å²) < 4.78 is 10.9. The van der Waals surface area contributed by atoms with E-state index in [1.54, 1.807) is 78.9 Å². The van der Waals surface area contributed by atoms with Gasteiger partial charge in [-0.25, -0.2) is 20.4 Å². The van der Waals surface area contributed by atoms with Crippen LogP contribution in [0.3, 0.4) is 0 Å². The van der Waals surface area contributed by atoms with Crippen LogP contribution in [0.2, 0.25) is 0 Å². The molecule has 0 atom stereocenters. The summed E-state index contributed by atoms with van der Waals surface area (Å²) in [6.45, 7) is 0. The van der Waals surface area contributed by atoms with Crippen molar-refractivity contribution >= 4 is 69.1 Å². The molecule has 0 aliphatic heterocycles. The number of nitro groups is 2. The molecule has 16 heteroatoms. The average Bonchev–Trinajstić information content (AvgIpc) is 3.28. The molecule has 0 aliphatic carbocycles. The highest BCUT2D eigenvalue weighted by atomic mass is 16.6. The number of nitro benzene ring substituents is 2. The summed E-state index contributed by atoms with van der Waals surface area (Å²) in [6.07, 6.45) is 2.16. The number of amides is 2. The number of hydrogen-bond acceptors (Lipinski definition) is 12. The van der Waals surface area contributed by atoms with Crippen LogP contribution in [0, 0.1) is 26.1 Å². The number of hydrogen-bond donors (Lipinski definition) is 2. The van der Waals surface area contributed by atoms with Crippen LogP contribution < -0.4 is 20.3 Å². The Balaban J connectivity index is 1.02. The molecule has 0 heterocycles. The number of esters is 2. The average molecular weight is 829 g/mol. The first kappa shape index (κ1) is 41.2. The van der Waals surface area contributed by atoms with E-state index < -0.39 is 50.9 Å². The summed E-state index contributed by atoms with van der Waals surface area (Å²) in [7, 11) is 0. The summed E-state index contributed by atoms with van der Waals surface area (Å²) in [5.41, 5.74) is 4.91. The first-order valence-electron chi connectivity index (χ1n) is 18.7. The van der Waals surface area contributed by atoms with Crippen molar-refractivity contribution in [3.63, 3.8) is 0 Å². The van der Waals surface area contributed by atoms with Gasteiger partial charge in [0.15, 0.2) is 0 Å². The molecular weight excluding hydrogens is 797 g/mol. The quantitative estimate of drug-likeness (QED) is 0.0271. The molecule has 0 saturated carbocycles. The van der Waals surface area contributed by atoms with Crippen LogP contribution in [-0.4, -0.2) is 46.0 Å². The minimum absolute atomic E-state index is 0.0754. The zero-order valence-electron chi connectivity index (χ0n) is 32.2. The lowest BCUT2D eigenvalue weighted by atomic mass is 9.98. The van der Waals surface area contributed by atoms with Crippen LogP contribution in [-0.2, 0) is 16.0 Å². The Kier molecular flexibility index (Phi) is 12.5. The molecule has 16 nitrogen and oxygen atoms in total. The molecule has 2 amide bonds. The molecule has 0 radical (unpaired) electrons. The smallest absolute Gasteiger partial charge is 0.344 e. The van der Waals surface area contributed by atoms with Crippen molar-refractivity contribution in [3.8, 4) is 11.5 Å². The number of nitrogens with zero attached hydrogens (tertiary/aromatic N) is 4. The van der Waals surface area contributed by atoms with Gasteiger partial charge in [0.05, 0.1) is 33.4 Å². The van der Waals surface area contributed by atoms with Crippen molar-refractivity contribution in [2.24, 2.45) is 16.1 Å². The van der Waals surface area contributed by atoms with E-state index in [0.717, 1.165) is 35.3 Å². The van der Waals surface area contributed by atoms with Crippen molar-refractivity contribution in [3.05, 3.63) is 200 Å². The SMILES string of the molecule is O=C(Oc1ccc(/C=N/NC(=O)C(Cc2ccccc2)C(=O)N/N=C/c2ccc(OC(=O)c3cccc4ccccc34)c([N+](=O)[O-])c2)cc1[N+](=O)[O-])c1cccc2ccccc12. The second-order valence-electron chi connectivity index (χ2n) is 13.5. The van der Waals surface area contributed by atoms with Crippen LogP contribution in [0.5, 0.6) is 11.5 Å². The maximum absolute atomic E-state index is 13.4. The Morgan fingerprint density at radius 1 is 0.548 bits per heavy atom. The van der Waals surface area contributed by atoms with Gasteiger partial charge in [0, 0.05) is 23.3 Å². The molecule has 0 bridgehead atoms. The van der Waals surface area contributed by atoms with Crippen molar-refractivity contribution in [1.82, 2.24) is 10.9 Å². The minimum atomic E-state index is -1.39. The molecule has 0 saturated heterocycles. The van der Waals surface area contributed by atoms with Crippen LogP contribution in [0.4, 0.5) is 11.4 Å². The molecule has 0 aromatic heterocycles. The number of hydrazone groups is 2. The maximum atomic E-state index is 13.4. The second-order valence-corrected chi connectivity index (χ2v) is 13.5. The Morgan fingerprint density at radius 3 is 1.42 bits per heavy atom. The largest absolute Gasteiger partial charge is 0.416 e. The second kappa shape index (κ2) is 18.8. The van der Waals surface area contributed by atoms with Gasteiger partial charge in [0.2, 0.25) is 11.5 Å². The Bertz CT molecular complexity index is 2760. The number of carbonyl (C=O) groups excluding carboxylic acids is 4. The van der Waals surface area contributed by atoms with Gasteiger partial charge < -0.3 is 9.47 Å². The lowest BCUT2D eigenvalue weighted by Gasteiger charge is -2.13. The van der Waals surface area contributed by atoms with Crippen LogP contribution in [0.1, 0.15) is 37.4 Å². The molecule has 7 rings (SSSR count). The van der Waals surface area contributed by atoms with E-state index in [4.69, 9.17) is 9.47 Å². The van der Waals surface area contributed by atoms with E-state index in [-0.39, 0.29) is 40.2 Å². The number of ether oxygens (including phenoxy) is 2. The lowest BCUT2D eigenvalue weighted by molar-refractivity contribution is -0.385.